The second-order valence-corrected chi connectivity index (χ2v) is 7.81. The van der Waals surface area contributed by atoms with Gasteiger partial charge < -0.3 is 15.1 Å². The summed E-state index contributed by atoms with van der Waals surface area (Å²) in [5, 5.41) is 3.51. The first-order valence-corrected chi connectivity index (χ1v) is 9.46. The maximum atomic E-state index is 4.93. The van der Waals surface area contributed by atoms with Crippen molar-refractivity contribution < 1.29 is 0 Å². The van der Waals surface area contributed by atoms with E-state index in [9.17, 15) is 0 Å². The van der Waals surface area contributed by atoms with Crippen LogP contribution in [0.3, 0.4) is 0 Å². The molecule has 1 aliphatic carbocycles. The van der Waals surface area contributed by atoms with Gasteiger partial charge in [-0.15, -0.1) is 0 Å². The van der Waals surface area contributed by atoms with Gasteiger partial charge in [0.05, 0.1) is 6.54 Å². The molecule has 2 saturated heterocycles. The van der Waals surface area contributed by atoms with Gasteiger partial charge in [-0.1, -0.05) is 13.3 Å². The molecule has 2 heterocycles. The van der Waals surface area contributed by atoms with Crippen LogP contribution in [0.1, 0.15) is 52.4 Å². The molecule has 126 valence electrons. The highest BCUT2D eigenvalue weighted by molar-refractivity contribution is 5.80. The highest BCUT2D eigenvalue weighted by atomic mass is 15.3. The third-order valence-corrected chi connectivity index (χ3v) is 5.91. The predicted molar refractivity (Wildman–Crippen MR) is 93.3 cm³/mol. The molecule has 1 N–H and O–H groups in total. The first-order valence-electron chi connectivity index (χ1n) is 9.46. The van der Waals surface area contributed by atoms with Crippen LogP contribution in [0.25, 0.3) is 0 Å². The van der Waals surface area contributed by atoms with Crippen LogP contribution in [-0.2, 0) is 0 Å². The fraction of sp³-hybridized carbons (Fsp3) is 0.944. The van der Waals surface area contributed by atoms with E-state index in [0.29, 0.717) is 5.41 Å². The molecule has 1 saturated carbocycles. The van der Waals surface area contributed by atoms with E-state index >= 15 is 0 Å². The Morgan fingerprint density at radius 2 is 2.09 bits per heavy atom. The fourth-order valence-electron chi connectivity index (χ4n) is 4.41. The van der Waals surface area contributed by atoms with Crippen LogP contribution in [0.15, 0.2) is 4.99 Å². The number of likely N-dealkylation sites (tertiary alicyclic amines) is 2. The summed E-state index contributed by atoms with van der Waals surface area (Å²) in [6.45, 7) is 12.6. The summed E-state index contributed by atoms with van der Waals surface area (Å²) in [7, 11) is 0. The Labute approximate surface area is 136 Å². The lowest BCUT2D eigenvalue weighted by molar-refractivity contribution is 0.151. The van der Waals surface area contributed by atoms with Gasteiger partial charge in [-0.3, -0.25) is 4.99 Å². The van der Waals surface area contributed by atoms with Gasteiger partial charge in [0.15, 0.2) is 5.96 Å². The molecule has 1 spiro atoms. The van der Waals surface area contributed by atoms with Crippen LogP contribution >= 0.6 is 0 Å². The molecule has 0 amide bonds. The third kappa shape index (κ3) is 3.76. The maximum absolute atomic E-state index is 4.93. The number of nitrogens with one attached hydrogen (secondary N) is 1. The Balaban J connectivity index is 1.49. The zero-order valence-electron chi connectivity index (χ0n) is 14.6. The molecule has 0 bridgehead atoms. The summed E-state index contributed by atoms with van der Waals surface area (Å²) in [6.07, 6.45) is 8.46. The molecule has 1 atom stereocenters. The van der Waals surface area contributed by atoms with Crippen LogP contribution in [-0.4, -0.2) is 61.6 Å². The zero-order valence-corrected chi connectivity index (χ0v) is 14.6. The van der Waals surface area contributed by atoms with Gasteiger partial charge in [0, 0.05) is 32.7 Å². The summed E-state index contributed by atoms with van der Waals surface area (Å²) < 4.78 is 0. The molecule has 3 rings (SSSR count). The van der Waals surface area contributed by atoms with E-state index in [1.54, 1.807) is 0 Å². The summed E-state index contributed by atoms with van der Waals surface area (Å²) in [5.41, 5.74) is 0.651. The van der Waals surface area contributed by atoms with Crippen LogP contribution in [0.5, 0.6) is 0 Å². The van der Waals surface area contributed by atoms with Crippen LogP contribution in [0.4, 0.5) is 0 Å². The SMILES string of the molecule is CCNC(=NCCN1CCCC(C)C1)N1CCC2(CCC2)C1. The average molecular weight is 306 g/mol. The normalized spacial score (nSPS) is 28.9. The van der Waals surface area contributed by atoms with Gasteiger partial charge in [-0.25, -0.2) is 0 Å². The van der Waals surface area contributed by atoms with Crippen LogP contribution in [0.2, 0.25) is 0 Å². The number of nitrogens with zero attached hydrogens (tertiary/aromatic N) is 3. The van der Waals surface area contributed by atoms with Crippen molar-refractivity contribution >= 4 is 5.96 Å². The lowest BCUT2D eigenvalue weighted by Crippen LogP contribution is -2.43. The number of guanidine groups is 1. The Hall–Kier alpha value is -0.770. The minimum atomic E-state index is 0.651. The van der Waals surface area contributed by atoms with Crippen molar-refractivity contribution in [1.82, 2.24) is 15.1 Å². The molecule has 4 heteroatoms. The summed E-state index contributed by atoms with van der Waals surface area (Å²) >= 11 is 0. The number of hydrogen-bond acceptors (Lipinski definition) is 2. The van der Waals surface area contributed by atoms with Crippen molar-refractivity contribution in [2.75, 3.05) is 45.8 Å². The second-order valence-electron chi connectivity index (χ2n) is 7.81. The van der Waals surface area contributed by atoms with E-state index in [1.807, 2.05) is 0 Å². The van der Waals surface area contributed by atoms with Crippen molar-refractivity contribution in [2.45, 2.75) is 52.4 Å². The van der Waals surface area contributed by atoms with E-state index in [4.69, 9.17) is 4.99 Å². The van der Waals surface area contributed by atoms with Crippen molar-refractivity contribution in [1.29, 1.82) is 0 Å². The first-order chi connectivity index (χ1) is 10.7. The summed E-state index contributed by atoms with van der Waals surface area (Å²) in [4.78, 5) is 10.0. The van der Waals surface area contributed by atoms with E-state index in [0.717, 1.165) is 31.5 Å². The van der Waals surface area contributed by atoms with E-state index in [2.05, 4.69) is 29.0 Å². The highest BCUT2D eigenvalue weighted by Crippen LogP contribution is 2.47. The van der Waals surface area contributed by atoms with Crippen molar-refractivity contribution in [3.63, 3.8) is 0 Å². The van der Waals surface area contributed by atoms with Crippen molar-refractivity contribution in [2.24, 2.45) is 16.3 Å². The third-order valence-electron chi connectivity index (χ3n) is 5.91. The molecule has 22 heavy (non-hydrogen) atoms. The zero-order chi connectivity index (χ0) is 15.4. The van der Waals surface area contributed by atoms with E-state index in [-0.39, 0.29) is 0 Å². The average Bonchev–Trinajstić information content (AvgIpc) is 2.92. The largest absolute Gasteiger partial charge is 0.357 e. The molecule has 4 nitrogen and oxygen atoms in total. The topological polar surface area (TPSA) is 30.9 Å². The van der Waals surface area contributed by atoms with Gasteiger partial charge in [0.2, 0.25) is 0 Å². The minimum Gasteiger partial charge on any atom is -0.357 e. The molecule has 0 aromatic carbocycles. The minimum absolute atomic E-state index is 0.651. The molecule has 0 radical (unpaired) electrons. The smallest absolute Gasteiger partial charge is 0.193 e. The maximum Gasteiger partial charge on any atom is 0.193 e. The standard InChI is InChI=1S/C18H34N4/c1-3-19-17(22-12-9-18(15-22)7-5-8-18)20-10-13-21-11-4-6-16(2)14-21/h16H,3-15H2,1-2H3,(H,19,20). The summed E-state index contributed by atoms with van der Waals surface area (Å²) in [5.74, 6) is 2.03. The second kappa shape index (κ2) is 7.20. The number of aliphatic imine (C=N–C) groups is 1. The van der Waals surface area contributed by atoms with Gasteiger partial charge in [-0.05, 0) is 56.9 Å². The fourth-order valence-corrected chi connectivity index (χ4v) is 4.41. The lowest BCUT2D eigenvalue weighted by Gasteiger charge is -2.38. The Bertz CT molecular complexity index is 389. The van der Waals surface area contributed by atoms with Crippen molar-refractivity contribution in [3.8, 4) is 0 Å². The van der Waals surface area contributed by atoms with Gasteiger partial charge >= 0.3 is 0 Å². The lowest BCUT2D eigenvalue weighted by atomic mass is 9.68. The van der Waals surface area contributed by atoms with Crippen molar-refractivity contribution in [3.05, 3.63) is 0 Å². The Morgan fingerprint density at radius 1 is 1.23 bits per heavy atom. The number of rotatable bonds is 4. The molecule has 1 unspecified atom stereocenters. The quantitative estimate of drug-likeness (QED) is 0.640. The molecule has 0 aromatic heterocycles. The first kappa shape index (κ1) is 16.1. The van der Waals surface area contributed by atoms with E-state index in [1.165, 1.54) is 64.7 Å². The molecular weight excluding hydrogens is 272 g/mol. The van der Waals surface area contributed by atoms with Gasteiger partial charge in [0.1, 0.15) is 0 Å². The van der Waals surface area contributed by atoms with Crippen LogP contribution in [0, 0.1) is 11.3 Å². The number of hydrogen-bond donors (Lipinski definition) is 1. The predicted octanol–water partition coefficient (Wildman–Crippen LogP) is 2.56. The van der Waals surface area contributed by atoms with Gasteiger partial charge in [0.25, 0.3) is 0 Å². The number of piperidine rings is 1. The Kier molecular flexibility index (Phi) is 5.27. The summed E-state index contributed by atoms with van der Waals surface area (Å²) in [6, 6.07) is 0. The molecule has 2 aliphatic heterocycles. The molecule has 3 aliphatic rings. The molecule has 3 fully saturated rings. The van der Waals surface area contributed by atoms with E-state index < -0.39 is 0 Å². The monoisotopic (exact) mass is 306 g/mol. The molecular formula is C18H34N4. The Morgan fingerprint density at radius 3 is 2.73 bits per heavy atom. The van der Waals surface area contributed by atoms with Crippen LogP contribution < -0.4 is 5.32 Å². The highest BCUT2D eigenvalue weighted by Gasteiger charge is 2.43. The van der Waals surface area contributed by atoms with Gasteiger partial charge in [-0.2, -0.15) is 0 Å². The molecule has 0 aromatic rings.